The van der Waals surface area contributed by atoms with Gasteiger partial charge in [-0.05, 0) is 42.0 Å². The van der Waals surface area contributed by atoms with Crippen LogP contribution in [-0.4, -0.2) is 5.91 Å². The van der Waals surface area contributed by atoms with Crippen molar-refractivity contribution in [1.82, 2.24) is 0 Å². The van der Waals surface area contributed by atoms with Gasteiger partial charge in [0.1, 0.15) is 5.82 Å². The standard InChI is InChI=1S/C15H9BrCl2FNO/c16-10-3-5-14(13(19)7-10)20-15(21)6-2-9-1-4-11(17)8-12(9)18/h1-8H,(H,20,21). The van der Waals surface area contributed by atoms with Gasteiger partial charge in [-0.15, -0.1) is 0 Å². The first-order valence-electron chi connectivity index (χ1n) is 5.85. The highest BCUT2D eigenvalue weighted by Gasteiger charge is 2.05. The number of hydrogen-bond acceptors (Lipinski definition) is 1. The van der Waals surface area contributed by atoms with Crippen molar-refractivity contribution in [2.45, 2.75) is 0 Å². The molecule has 0 saturated carbocycles. The van der Waals surface area contributed by atoms with Crippen LogP contribution < -0.4 is 5.32 Å². The van der Waals surface area contributed by atoms with E-state index in [4.69, 9.17) is 23.2 Å². The Labute approximate surface area is 139 Å². The van der Waals surface area contributed by atoms with Crippen molar-refractivity contribution in [1.29, 1.82) is 0 Å². The van der Waals surface area contributed by atoms with Crippen LogP contribution in [0.4, 0.5) is 10.1 Å². The average Bonchev–Trinajstić information content (AvgIpc) is 2.41. The van der Waals surface area contributed by atoms with Gasteiger partial charge in [-0.25, -0.2) is 4.39 Å². The highest BCUT2D eigenvalue weighted by atomic mass is 79.9. The van der Waals surface area contributed by atoms with Crippen molar-refractivity contribution in [2.75, 3.05) is 5.32 Å². The van der Waals surface area contributed by atoms with Gasteiger partial charge in [-0.3, -0.25) is 4.79 Å². The molecule has 0 aliphatic rings. The summed E-state index contributed by atoms with van der Waals surface area (Å²) in [6.07, 6.45) is 2.81. The van der Waals surface area contributed by atoms with E-state index in [9.17, 15) is 9.18 Å². The second kappa shape index (κ2) is 7.07. The first-order valence-corrected chi connectivity index (χ1v) is 7.40. The van der Waals surface area contributed by atoms with Crippen LogP contribution in [0.5, 0.6) is 0 Å². The second-order valence-electron chi connectivity index (χ2n) is 4.11. The zero-order valence-corrected chi connectivity index (χ0v) is 13.6. The number of benzene rings is 2. The van der Waals surface area contributed by atoms with Gasteiger partial charge >= 0.3 is 0 Å². The fourth-order valence-corrected chi connectivity index (χ4v) is 2.37. The summed E-state index contributed by atoms with van der Waals surface area (Å²) in [7, 11) is 0. The minimum atomic E-state index is -0.518. The molecule has 2 rings (SSSR count). The summed E-state index contributed by atoms with van der Waals surface area (Å²) in [5.74, 6) is -0.974. The smallest absolute Gasteiger partial charge is 0.248 e. The van der Waals surface area contributed by atoms with Crippen LogP contribution in [-0.2, 0) is 4.79 Å². The van der Waals surface area contributed by atoms with Crippen molar-refractivity contribution in [3.63, 3.8) is 0 Å². The van der Waals surface area contributed by atoms with E-state index in [1.807, 2.05) is 0 Å². The van der Waals surface area contributed by atoms with Crippen molar-refractivity contribution in [2.24, 2.45) is 0 Å². The Morgan fingerprint density at radius 3 is 2.62 bits per heavy atom. The first kappa shape index (κ1) is 16.0. The molecule has 0 unspecified atom stereocenters. The normalized spacial score (nSPS) is 10.9. The molecule has 1 amide bonds. The Morgan fingerprint density at radius 2 is 1.95 bits per heavy atom. The molecule has 0 radical (unpaired) electrons. The fourth-order valence-electron chi connectivity index (χ4n) is 1.57. The molecule has 2 aromatic rings. The topological polar surface area (TPSA) is 29.1 Å². The van der Waals surface area contributed by atoms with Crippen LogP contribution >= 0.6 is 39.1 Å². The number of anilines is 1. The molecule has 0 bridgehead atoms. The molecule has 2 aromatic carbocycles. The van der Waals surface area contributed by atoms with Crippen molar-refractivity contribution in [3.05, 3.63) is 68.4 Å². The van der Waals surface area contributed by atoms with E-state index in [0.717, 1.165) is 0 Å². The summed E-state index contributed by atoms with van der Waals surface area (Å²) < 4.78 is 14.2. The predicted octanol–water partition coefficient (Wildman–Crippen LogP) is 5.55. The van der Waals surface area contributed by atoms with E-state index in [1.165, 1.54) is 24.3 Å². The molecule has 0 atom stereocenters. The van der Waals surface area contributed by atoms with Gasteiger partial charge in [-0.1, -0.05) is 45.2 Å². The Bertz CT molecular complexity index is 719. The Kier molecular flexibility index (Phi) is 5.39. The van der Waals surface area contributed by atoms with Gasteiger partial charge in [0, 0.05) is 20.6 Å². The SMILES string of the molecule is O=C(C=Cc1ccc(Cl)cc1Cl)Nc1ccc(Br)cc1F. The van der Waals surface area contributed by atoms with Crippen molar-refractivity contribution < 1.29 is 9.18 Å². The maximum Gasteiger partial charge on any atom is 0.248 e. The maximum atomic E-state index is 13.6. The number of carbonyl (C=O) groups excluding carboxylic acids is 1. The zero-order valence-electron chi connectivity index (χ0n) is 10.5. The molecule has 2 nitrogen and oxygen atoms in total. The van der Waals surface area contributed by atoms with E-state index in [0.29, 0.717) is 20.1 Å². The van der Waals surface area contributed by atoms with Crippen molar-refractivity contribution >= 4 is 56.8 Å². The summed E-state index contributed by atoms with van der Waals surface area (Å²) >= 11 is 14.9. The Hall–Kier alpha value is -1.36. The van der Waals surface area contributed by atoms with E-state index in [2.05, 4.69) is 21.2 Å². The van der Waals surface area contributed by atoms with E-state index in [1.54, 1.807) is 24.3 Å². The summed E-state index contributed by atoms with van der Waals surface area (Å²) in [6, 6.07) is 9.32. The number of halogens is 4. The molecule has 0 aliphatic heterocycles. The monoisotopic (exact) mass is 387 g/mol. The largest absolute Gasteiger partial charge is 0.320 e. The van der Waals surface area contributed by atoms with E-state index < -0.39 is 11.7 Å². The third kappa shape index (κ3) is 4.56. The lowest BCUT2D eigenvalue weighted by molar-refractivity contribution is -0.111. The molecule has 0 aromatic heterocycles. The summed E-state index contributed by atoms with van der Waals surface area (Å²) in [5.41, 5.74) is 0.752. The number of carbonyl (C=O) groups is 1. The van der Waals surface area contributed by atoms with Gasteiger partial charge < -0.3 is 5.32 Å². The van der Waals surface area contributed by atoms with Crippen molar-refractivity contribution in [3.8, 4) is 0 Å². The zero-order chi connectivity index (χ0) is 15.4. The second-order valence-corrected chi connectivity index (χ2v) is 5.87. The predicted molar refractivity (Wildman–Crippen MR) is 88.2 cm³/mol. The Morgan fingerprint density at radius 1 is 1.19 bits per heavy atom. The van der Waals surface area contributed by atoms with Crippen LogP contribution in [0.3, 0.4) is 0 Å². The molecule has 6 heteroatoms. The molecular weight excluding hydrogens is 380 g/mol. The number of hydrogen-bond donors (Lipinski definition) is 1. The molecule has 0 saturated heterocycles. The molecular formula is C15H9BrCl2FNO. The van der Waals surface area contributed by atoms with Gasteiger partial charge in [0.2, 0.25) is 5.91 Å². The van der Waals surface area contributed by atoms with Gasteiger partial charge in [-0.2, -0.15) is 0 Å². The highest BCUT2D eigenvalue weighted by Crippen LogP contribution is 2.22. The summed E-state index contributed by atoms with van der Waals surface area (Å²) in [6.45, 7) is 0. The molecule has 0 heterocycles. The molecule has 108 valence electrons. The van der Waals surface area contributed by atoms with Crippen LogP contribution in [0.2, 0.25) is 10.0 Å². The van der Waals surface area contributed by atoms with Gasteiger partial charge in [0.15, 0.2) is 0 Å². The van der Waals surface area contributed by atoms with Crippen LogP contribution in [0.15, 0.2) is 46.9 Å². The van der Waals surface area contributed by atoms with Gasteiger partial charge in [0.25, 0.3) is 0 Å². The highest BCUT2D eigenvalue weighted by molar-refractivity contribution is 9.10. The minimum Gasteiger partial charge on any atom is -0.320 e. The van der Waals surface area contributed by atoms with Crippen LogP contribution in [0.25, 0.3) is 6.08 Å². The van der Waals surface area contributed by atoms with E-state index >= 15 is 0 Å². The minimum absolute atomic E-state index is 0.107. The third-order valence-corrected chi connectivity index (χ3v) is 3.62. The fraction of sp³-hybridized carbons (Fsp3) is 0. The molecule has 0 aliphatic carbocycles. The molecule has 0 spiro atoms. The number of nitrogens with one attached hydrogen (secondary N) is 1. The lowest BCUT2D eigenvalue weighted by Gasteiger charge is -2.04. The van der Waals surface area contributed by atoms with E-state index in [-0.39, 0.29) is 5.69 Å². The lowest BCUT2D eigenvalue weighted by Crippen LogP contribution is -2.09. The van der Waals surface area contributed by atoms with Crippen LogP contribution in [0, 0.1) is 5.82 Å². The first-order chi connectivity index (χ1) is 9.95. The quantitative estimate of drug-likeness (QED) is 0.686. The van der Waals surface area contributed by atoms with Gasteiger partial charge in [0.05, 0.1) is 5.69 Å². The molecule has 0 fully saturated rings. The maximum absolute atomic E-state index is 13.6. The number of rotatable bonds is 3. The lowest BCUT2D eigenvalue weighted by atomic mass is 10.2. The third-order valence-electron chi connectivity index (χ3n) is 2.57. The molecule has 1 N–H and O–H groups in total. The summed E-state index contributed by atoms with van der Waals surface area (Å²) in [4.78, 5) is 11.8. The summed E-state index contributed by atoms with van der Waals surface area (Å²) in [5, 5.41) is 3.39. The number of amides is 1. The Balaban J connectivity index is 2.09. The average molecular weight is 389 g/mol. The van der Waals surface area contributed by atoms with Crippen LogP contribution in [0.1, 0.15) is 5.56 Å². The molecule has 21 heavy (non-hydrogen) atoms.